The van der Waals surface area contributed by atoms with Gasteiger partial charge in [-0.1, -0.05) is 44.2 Å². The van der Waals surface area contributed by atoms with Crippen LogP contribution in [-0.2, 0) is 24.7 Å². The van der Waals surface area contributed by atoms with Crippen LogP contribution in [0.15, 0.2) is 42.6 Å². The number of fused-ring (bicyclic) bond motifs is 1. The van der Waals surface area contributed by atoms with Gasteiger partial charge in [0.15, 0.2) is 0 Å². The van der Waals surface area contributed by atoms with Crippen LogP contribution in [0, 0.1) is 16.7 Å². The number of piperidine rings is 1. The number of nitrogens with zero attached hydrogens (tertiary/aromatic N) is 6. The van der Waals surface area contributed by atoms with Gasteiger partial charge in [-0.3, -0.25) is 9.48 Å². The molecule has 9 heteroatoms. The molecule has 1 aromatic carbocycles. The highest BCUT2D eigenvalue weighted by Crippen LogP contribution is 2.75. The maximum absolute atomic E-state index is 11.9. The fraction of sp³-hybridized carbons (Fsp3) is 0.611. The van der Waals surface area contributed by atoms with Crippen LogP contribution >= 0.6 is 0 Å². The lowest BCUT2D eigenvalue weighted by Crippen LogP contribution is -2.72. The average Bonchev–Trinajstić information content (AvgIpc) is 3.43. The number of carboxylic acids is 1. The molecule has 0 amide bonds. The zero-order chi connectivity index (χ0) is 31.3. The quantitative estimate of drug-likeness (QED) is 0.279. The van der Waals surface area contributed by atoms with E-state index in [-0.39, 0.29) is 17.5 Å². The first-order valence-electron chi connectivity index (χ1n) is 17.1. The van der Waals surface area contributed by atoms with Gasteiger partial charge in [0, 0.05) is 45.0 Å². The van der Waals surface area contributed by atoms with Gasteiger partial charge in [0.05, 0.1) is 22.8 Å². The second-order valence-corrected chi connectivity index (χ2v) is 14.7. The Kier molecular flexibility index (Phi) is 7.87. The second kappa shape index (κ2) is 11.7. The Bertz CT molecular complexity index is 1520. The van der Waals surface area contributed by atoms with Crippen LogP contribution in [0.4, 0.5) is 11.8 Å². The van der Waals surface area contributed by atoms with Gasteiger partial charge < -0.3 is 20.2 Å². The minimum absolute atomic E-state index is 0.0343. The molecule has 0 unspecified atom stereocenters. The summed E-state index contributed by atoms with van der Waals surface area (Å²) in [6.45, 7) is 7.70. The maximum Gasteiger partial charge on any atom is 0.309 e. The van der Waals surface area contributed by atoms with E-state index < -0.39 is 11.4 Å². The number of nitrogens with one attached hydrogen (secondary N) is 1. The summed E-state index contributed by atoms with van der Waals surface area (Å²) < 4.78 is 1.99. The third kappa shape index (κ3) is 5.41. The van der Waals surface area contributed by atoms with E-state index in [2.05, 4.69) is 77.5 Å². The topological polar surface area (TPSA) is 99.4 Å². The first-order valence-corrected chi connectivity index (χ1v) is 17.1. The van der Waals surface area contributed by atoms with Gasteiger partial charge >= 0.3 is 5.97 Å². The van der Waals surface area contributed by atoms with E-state index in [0.29, 0.717) is 11.8 Å². The number of benzene rings is 1. The predicted octanol–water partition coefficient (Wildman–Crippen LogP) is 5.84. The van der Waals surface area contributed by atoms with Gasteiger partial charge in [-0.15, -0.1) is 0 Å². The molecule has 3 heterocycles. The summed E-state index contributed by atoms with van der Waals surface area (Å²) in [5.41, 5.74) is 4.47. The smallest absolute Gasteiger partial charge is 0.309 e. The number of aryl methyl sites for hydroxylation is 2. The number of hydrogen-bond acceptors (Lipinski definition) is 7. The lowest BCUT2D eigenvalue weighted by molar-refractivity contribution is -0.230. The first-order chi connectivity index (χ1) is 21.7. The van der Waals surface area contributed by atoms with E-state index >= 15 is 0 Å². The molecule has 3 saturated carbocycles. The Morgan fingerprint density at radius 3 is 2.60 bits per heavy atom. The van der Waals surface area contributed by atoms with Crippen LogP contribution in [-0.4, -0.2) is 68.4 Å². The largest absolute Gasteiger partial charge is 0.481 e. The molecule has 2 bridgehead atoms. The van der Waals surface area contributed by atoms with Crippen molar-refractivity contribution in [1.82, 2.24) is 24.6 Å². The van der Waals surface area contributed by atoms with E-state index in [0.717, 1.165) is 87.7 Å². The molecule has 240 valence electrons. The second-order valence-electron chi connectivity index (χ2n) is 14.7. The van der Waals surface area contributed by atoms with Crippen LogP contribution in [0.2, 0.25) is 0 Å². The summed E-state index contributed by atoms with van der Waals surface area (Å²) >= 11 is 0. The molecule has 8 rings (SSSR count). The molecule has 0 spiro atoms. The maximum atomic E-state index is 11.9. The number of aromatic nitrogens is 4. The van der Waals surface area contributed by atoms with E-state index in [1.807, 2.05) is 17.9 Å². The highest BCUT2D eigenvalue weighted by Gasteiger charge is 2.74. The van der Waals surface area contributed by atoms with Crippen LogP contribution in [0.1, 0.15) is 93.3 Å². The van der Waals surface area contributed by atoms with Crippen molar-refractivity contribution in [3.05, 3.63) is 65.1 Å². The normalized spacial score (nSPS) is 28.7. The molecule has 5 aliphatic rings. The number of anilines is 2. The Balaban J connectivity index is 1.23. The summed E-state index contributed by atoms with van der Waals surface area (Å²) in [4.78, 5) is 27.4. The highest BCUT2D eigenvalue weighted by molar-refractivity contribution is 5.79. The molecule has 9 nitrogen and oxygen atoms in total. The number of rotatable bonds is 11. The number of aliphatic carboxylic acids is 1. The van der Waals surface area contributed by atoms with Gasteiger partial charge in [-0.05, 0) is 93.2 Å². The standard InChI is InChI=1S/C36H49N7O2/c1-5-31(35-21-36(22-35,23-35)33(44)45)41(3)34-39-28-14-13-26(25-11-7-6-8-12-25)18-27(28)32(40-34)38-29(30-15-16-37-42(30)4)20-43-17-9-10-24(2)19-43/h6-8,11-12,15-16,24,26,29,31H,5,9-10,13-14,17-23H2,1-4H3,(H,44,45)(H,38,39,40)/t24-,26+,29-,31+,35?,36?/m0/s1. The molecular formula is C36H49N7O2. The molecule has 4 atom stereocenters. The van der Waals surface area contributed by atoms with Gasteiger partial charge in [-0.2, -0.15) is 10.1 Å². The minimum atomic E-state index is -0.629. The number of hydrogen-bond donors (Lipinski definition) is 2. The molecule has 1 aliphatic heterocycles. The lowest BCUT2D eigenvalue weighted by atomic mass is 9.33. The molecule has 3 aromatic rings. The van der Waals surface area contributed by atoms with Crippen molar-refractivity contribution in [3.8, 4) is 0 Å². The summed E-state index contributed by atoms with van der Waals surface area (Å²) in [6.07, 6.45) is 10.6. The van der Waals surface area contributed by atoms with E-state index in [1.54, 1.807) is 0 Å². The molecule has 2 N–H and O–H groups in total. The molecule has 2 aromatic heterocycles. The summed E-state index contributed by atoms with van der Waals surface area (Å²) in [5, 5.41) is 18.3. The van der Waals surface area contributed by atoms with Gasteiger partial charge in [0.1, 0.15) is 5.82 Å². The minimum Gasteiger partial charge on any atom is -0.481 e. The Morgan fingerprint density at radius 2 is 1.93 bits per heavy atom. The van der Waals surface area contributed by atoms with Crippen molar-refractivity contribution >= 4 is 17.7 Å². The third-order valence-electron chi connectivity index (χ3n) is 11.6. The van der Waals surface area contributed by atoms with Crippen LogP contribution in [0.3, 0.4) is 0 Å². The first kappa shape index (κ1) is 30.2. The molecular weight excluding hydrogens is 562 g/mol. The van der Waals surface area contributed by atoms with Crippen LogP contribution < -0.4 is 10.2 Å². The van der Waals surface area contributed by atoms with Crippen molar-refractivity contribution in [2.24, 2.45) is 23.8 Å². The van der Waals surface area contributed by atoms with Crippen LogP contribution in [0.5, 0.6) is 0 Å². The van der Waals surface area contributed by atoms with Gasteiger partial charge in [0.2, 0.25) is 5.95 Å². The number of carboxylic acid groups (broad SMARTS) is 1. The SMILES string of the molecule is CC[C@@H](N(C)c1nc2c(c(N[C@@H](CN3CCC[C@H](C)C3)c3ccnn3C)n1)C[C@H](c1ccccc1)CC2)C12CC(C(=O)O)(C1)C2. The Morgan fingerprint density at radius 1 is 1.16 bits per heavy atom. The summed E-state index contributed by atoms with van der Waals surface area (Å²) in [5.74, 6) is 2.20. The van der Waals surface area contributed by atoms with Crippen molar-refractivity contribution in [3.63, 3.8) is 0 Å². The molecule has 0 radical (unpaired) electrons. The fourth-order valence-electron chi connectivity index (χ4n) is 9.40. The van der Waals surface area contributed by atoms with Crippen molar-refractivity contribution in [2.75, 3.05) is 36.9 Å². The van der Waals surface area contributed by atoms with Gasteiger partial charge in [-0.25, -0.2) is 4.98 Å². The molecule has 4 aliphatic carbocycles. The Labute approximate surface area is 267 Å². The summed E-state index contributed by atoms with van der Waals surface area (Å²) in [6, 6.07) is 13.3. The van der Waals surface area contributed by atoms with E-state index in [1.165, 1.54) is 24.0 Å². The van der Waals surface area contributed by atoms with E-state index in [9.17, 15) is 9.90 Å². The van der Waals surface area contributed by atoms with Gasteiger partial charge in [0.25, 0.3) is 0 Å². The van der Waals surface area contributed by atoms with Crippen molar-refractivity contribution in [1.29, 1.82) is 0 Å². The Hall–Kier alpha value is -3.46. The van der Waals surface area contributed by atoms with Crippen molar-refractivity contribution < 1.29 is 9.90 Å². The van der Waals surface area contributed by atoms with E-state index in [4.69, 9.17) is 9.97 Å². The molecule has 1 saturated heterocycles. The predicted molar refractivity (Wildman–Crippen MR) is 176 cm³/mol. The zero-order valence-electron chi connectivity index (χ0n) is 27.4. The average molecular weight is 612 g/mol. The molecule has 45 heavy (non-hydrogen) atoms. The van der Waals surface area contributed by atoms with Crippen LogP contribution in [0.25, 0.3) is 0 Å². The fourth-order valence-corrected chi connectivity index (χ4v) is 9.40. The summed E-state index contributed by atoms with van der Waals surface area (Å²) in [7, 11) is 4.15. The number of carbonyl (C=O) groups is 1. The monoisotopic (exact) mass is 611 g/mol. The zero-order valence-corrected chi connectivity index (χ0v) is 27.4. The van der Waals surface area contributed by atoms with Crippen molar-refractivity contribution in [2.45, 2.75) is 89.6 Å². The lowest BCUT2D eigenvalue weighted by Gasteiger charge is -2.71. The highest BCUT2D eigenvalue weighted by atomic mass is 16.4. The molecule has 4 fully saturated rings. The number of likely N-dealkylation sites (tertiary alicyclic amines) is 1. The third-order valence-corrected chi connectivity index (χ3v) is 11.6.